The van der Waals surface area contributed by atoms with E-state index in [0.717, 1.165) is 31.0 Å². The first-order chi connectivity index (χ1) is 8.63. The van der Waals surface area contributed by atoms with Crippen molar-refractivity contribution in [2.45, 2.75) is 39.2 Å². The molecule has 2 N–H and O–H groups in total. The minimum atomic E-state index is 0.360. The molecule has 0 spiro atoms. The predicted molar refractivity (Wildman–Crippen MR) is 75.3 cm³/mol. The van der Waals surface area contributed by atoms with Gasteiger partial charge in [-0.15, -0.1) is 0 Å². The normalized spacial score (nSPS) is 18.4. The van der Waals surface area contributed by atoms with Gasteiger partial charge >= 0.3 is 0 Å². The van der Waals surface area contributed by atoms with Gasteiger partial charge in [-0.2, -0.15) is 0 Å². The van der Waals surface area contributed by atoms with Crippen molar-refractivity contribution in [1.82, 2.24) is 9.88 Å². The Hall–Kier alpha value is -0.930. The quantitative estimate of drug-likeness (QED) is 0.868. The molecular weight excluding hydrogens is 222 g/mol. The molecule has 0 amide bonds. The van der Waals surface area contributed by atoms with E-state index in [1.54, 1.807) is 0 Å². The van der Waals surface area contributed by atoms with Crippen LogP contribution in [0.5, 0.6) is 0 Å². The maximum atomic E-state index is 5.99. The molecular formula is C15H25N3. The zero-order valence-corrected chi connectivity index (χ0v) is 11.7. The minimum Gasteiger partial charge on any atom is -0.330 e. The minimum absolute atomic E-state index is 0.360. The molecule has 2 rings (SSSR count). The molecule has 18 heavy (non-hydrogen) atoms. The number of nitrogens with zero attached hydrogens (tertiary/aromatic N) is 2. The van der Waals surface area contributed by atoms with Crippen LogP contribution in [0.15, 0.2) is 18.2 Å². The second-order valence-corrected chi connectivity index (χ2v) is 5.85. The van der Waals surface area contributed by atoms with Crippen molar-refractivity contribution in [3.8, 4) is 0 Å². The number of hydrogen-bond donors (Lipinski definition) is 1. The van der Waals surface area contributed by atoms with Crippen molar-refractivity contribution in [3.05, 3.63) is 29.6 Å². The Morgan fingerprint density at radius 3 is 2.67 bits per heavy atom. The summed E-state index contributed by atoms with van der Waals surface area (Å²) in [6.07, 6.45) is 5.26. The summed E-state index contributed by atoms with van der Waals surface area (Å²) in [5.74, 6) is 0. The third-order valence-corrected chi connectivity index (χ3v) is 4.08. The lowest BCUT2D eigenvalue weighted by molar-refractivity contribution is 0.178. The molecule has 1 aromatic rings. The van der Waals surface area contributed by atoms with Gasteiger partial charge in [0.2, 0.25) is 0 Å². The van der Waals surface area contributed by atoms with E-state index in [0.29, 0.717) is 5.41 Å². The standard InChI is InChI=1S/C15H25N3/c1-13-6-5-7-14(17-13)10-18(2)12-15(11-16)8-3-4-9-15/h5-7H,3-4,8-12,16H2,1-2H3. The summed E-state index contributed by atoms with van der Waals surface area (Å²) in [6, 6.07) is 6.23. The topological polar surface area (TPSA) is 42.1 Å². The Balaban J connectivity index is 1.93. The second-order valence-electron chi connectivity index (χ2n) is 5.85. The summed E-state index contributed by atoms with van der Waals surface area (Å²) in [5.41, 5.74) is 8.60. The van der Waals surface area contributed by atoms with Crippen molar-refractivity contribution < 1.29 is 0 Å². The van der Waals surface area contributed by atoms with E-state index in [-0.39, 0.29) is 0 Å². The summed E-state index contributed by atoms with van der Waals surface area (Å²) in [7, 11) is 2.18. The number of aryl methyl sites for hydroxylation is 1. The van der Waals surface area contributed by atoms with E-state index in [4.69, 9.17) is 5.73 Å². The largest absolute Gasteiger partial charge is 0.330 e. The van der Waals surface area contributed by atoms with E-state index in [1.807, 2.05) is 13.0 Å². The zero-order chi connectivity index (χ0) is 13.0. The highest BCUT2D eigenvalue weighted by Crippen LogP contribution is 2.37. The monoisotopic (exact) mass is 247 g/mol. The lowest BCUT2D eigenvalue weighted by Crippen LogP contribution is -2.39. The van der Waals surface area contributed by atoms with E-state index < -0.39 is 0 Å². The fourth-order valence-corrected chi connectivity index (χ4v) is 3.14. The third kappa shape index (κ3) is 3.30. The average molecular weight is 247 g/mol. The highest BCUT2D eigenvalue weighted by molar-refractivity contribution is 5.09. The SMILES string of the molecule is Cc1cccc(CN(C)CC2(CN)CCCC2)n1. The molecule has 0 saturated heterocycles. The Bertz CT molecular complexity index is 383. The number of aromatic nitrogens is 1. The Morgan fingerprint density at radius 1 is 1.33 bits per heavy atom. The number of nitrogens with two attached hydrogens (primary N) is 1. The van der Waals surface area contributed by atoms with Gasteiger partial charge in [0.05, 0.1) is 5.69 Å². The van der Waals surface area contributed by atoms with Crippen LogP contribution in [0.1, 0.15) is 37.1 Å². The lowest BCUT2D eigenvalue weighted by Gasteiger charge is -2.32. The number of rotatable bonds is 5. The van der Waals surface area contributed by atoms with Gasteiger partial charge in [0.25, 0.3) is 0 Å². The molecule has 1 aliphatic rings. The summed E-state index contributed by atoms with van der Waals surface area (Å²) in [5, 5.41) is 0. The number of pyridine rings is 1. The van der Waals surface area contributed by atoms with Crippen molar-refractivity contribution >= 4 is 0 Å². The Labute approximate surface area is 110 Å². The van der Waals surface area contributed by atoms with E-state index in [2.05, 4.69) is 29.1 Å². The van der Waals surface area contributed by atoms with Crippen molar-refractivity contribution in [1.29, 1.82) is 0 Å². The molecule has 1 fully saturated rings. The molecule has 3 heteroatoms. The van der Waals surface area contributed by atoms with Gasteiger partial charge in [0, 0.05) is 18.8 Å². The van der Waals surface area contributed by atoms with Crippen LogP contribution >= 0.6 is 0 Å². The molecule has 0 atom stereocenters. The molecule has 1 aromatic heterocycles. The van der Waals surface area contributed by atoms with Gasteiger partial charge in [-0.1, -0.05) is 18.9 Å². The van der Waals surface area contributed by atoms with Crippen LogP contribution in [-0.2, 0) is 6.54 Å². The van der Waals surface area contributed by atoms with Gasteiger partial charge in [0.1, 0.15) is 0 Å². The molecule has 0 bridgehead atoms. The number of hydrogen-bond acceptors (Lipinski definition) is 3. The smallest absolute Gasteiger partial charge is 0.0547 e. The van der Waals surface area contributed by atoms with Crippen LogP contribution in [0, 0.1) is 12.3 Å². The Kier molecular flexibility index (Phi) is 4.36. The molecule has 0 aliphatic heterocycles. The van der Waals surface area contributed by atoms with Gasteiger partial charge in [-0.05, 0) is 50.9 Å². The summed E-state index contributed by atoms with van der Waals surface area (Å²) in [6.45, 7) is 4.88. The van der Waals surface area contributed by atoms with E-state index in [9.17, 15) is 0 Å². The van der Waals surface area contributed by atoms with E-state index in [1.165, 1.54) is 25.7 Å². The van der Waals surface area contributed by atoms with Crippen LogP contribution in [-0.4, -0.2) is 30.0 Å². The molecule has 0 aromatic carbocycles. The lowest BCUT2D eigenvalue weighted by atomic mass is 9.86. The van der Waals surface area contributed by atoms with Gasteiger partial charge in [0.15, 0.2) is 0 Å². The van der Waals surface area contributed by atoms with Crippen molar-refractivity contribution in [2.24, 2.45) is 11.1 Å². The molecule has 0 unspecified atom stereocenters. The highest BCUT2D eigenvalue weighted by atomic mass is 15.1. The van der Waals surface area contributed by atoms with Crippen molar-refractivity contribution in [3.63, 3.8) is 0 Å². The summed E-state index contributed by atoms with van der Waals surface area (Å²) < 4.78 is 0. The van der Waals surface area contributed by atoms with Gasteiger partial charge < -0.3 is 5.73 Å². The third-order valence-electron chi connectivity index (χ3n) is 4.08. The van der Waals surface area contributed by atoms with E-state index >= 15 is 0 Å². The fourth-order valence-electron chi connectivity index (χ4n) is 3.14. The first-order valence-electron chi connectivity index (χ1n) is 6.95. The zero-order valence-electron chi connectivity index (χ0n) is 11.7. The van der Waals surface area contributed by atoms with Crippen LogP contribution in [0.2, 0.25) is 0 Å². The molecule has 0 radical (unpaired) electrons. The molecule has 1 heterocycles. The molecule has 1 saturated carbocycles. The summed E-state index contributed by atoms with van der Waals surface area (Å²) >= 11 is 0. The Morgan fingerprint density at radius 2 is 2.06 bits per heavy atom. The van der Waals surface area contributed by atoms with Crippen LogP contribution in [0.25, 0.3) is 0 Å². The van der Waals surface area contributed by atoms with Crippen LogP contribution in [0.3, 0.4) is 0 Å². The van der Waals surface area contributed by atoms with Gasteiger partial charge in [-0.3, -0.25) is 9.88 Å². The van der Waals surface area contributed by atoms with Crippen LogP contribution < -0.4 is 5.73 Å². The maximum absolute atomic E-state index is 5.99. The first-order valence-corrected chi connectivity index (χ1v) is 6.95. The molecule has 1 aliphatic carbocycles. The van der Waals surface area contributed by atoms with Crippen molar-refractivity contribution in [2.75, 3.05) is 20.1 Å². The molecule has 3 nitrogen and oxygen atoms in total. The highest BCUT2D eigenvalue weighted by Gasteiger charge is 2.33. The summed E-state index contributed by atoms with van der Waals surface area (Å²) in [4.78, 5) is 6.94. The maximum Gasteiger partial charge on any atom is 0.0547 e. The first kappa shape index (κ1) is 13.5. The fraction of sp³-hybridized carbons (Fsp3) is 0.667. The average Bonchev–Trinajstić information content (AvgIpc) is 2.78. The van der Waals surface area contributed by atoms with Crippen LogP contribution in [0.4, 0.5) is 0 Å². The van der Waals surface area contributed by atoms with Gasteiger partial charge in [-0.25, -0.2) is 0 Å². The second kappa shape index (κ2) is 5.81. The predicted octanol–water partition coefficient (Wildman–Crippen LogP) is 2.34. The molecule has 100 valence electrons.